The number of phenolic OH excluding ortho intramolecular Hbond substituents is 1. The predicted molar refractivity (Wildman–Crippen MR) is 199 cm³/mol. The van der Waals surface area contributed by atoms with Gasteiger partial charge in [-0.2, -0.15) is 13.2 Å². The van der Waals surface area contributed by atoms with Gasteiger partial charge in [0.1, 0.15) is 24.3 Å². The minimum atomic E-state index is -5.19. The van der Waals surface area contributed by atoms with Gasteiger partial charge in [-0.3, -0.25) is 4.79 Å². The molecule has 0 radical (unpaired) electrons. The SMILES string of the molecule is CC(C)OC(=O)c1ccc(NC(=O)N[C@@H](Cc2ccc(O)cc2)C(=O)N2CC[N+](Cc3ccc(Cl)cc3)(CC3CCCCC3)CC2)cc1.O=C([O-])C(F)(F)F. The third-order valence-corrected chi connectivity index (χ3v) is 9.99. The lowest BCUT2D eigenvalue weighted by Crippen LogP contribution is -2.63. The molecule has 55 heavy (non-hydrogen) atoms. The number of alkyl halides is 3. The average Bonchev–Trinajstić information content (AvgIpc) is 3.13. The second kappa shape index (κ2) is 19.7. The fourth-order valence-electron chi connectivity index (χ4n) is 6.99. The van der Waals surface area contributed by atoms with E-state index in [0.29, 0.717) is 30.3 Å². The Balaban J connectivity index is 0.000000876. The first-order valence-electron chi connectivity index (χ1n) is 18.3. The van der Waals surface area contributed by atoms with Gasteiger partial charge in [0.25, 0.3) is 0 Å². The van der Waals surface area contributed by atoms with Gasteiger partial charge in [-0.05, 0) is 80.8 Å². The maximum Gasteiger partial charge on any atom is 0.430 e. The monoisotopic (exact) mass is 788 g/mol. The van der Waals surface area contributed by atoms with Crippen LogP contribution in [0.15, 0.2) is 72.8 Å². The van der Waals surface area contributed by atoms with Crippen LogP contribution >= 0.6 is 11.6 Å². The number of carbonyl (C=O) groups is 4. The molecule has 1 aliphatic heterocycles. The normalized spacial score (nSPS) is 16.3. The summed E-state index contributed by atoms with van der Waals surface area (Å²) in [5.74, 6) is -2.75. The number of phenols is 1. The molecule has 1 heterocycles. The molecule has 3 amide bonds. The number of carboxylic acid groups (broad SMARTS) is 1. The summed E-state index contributed by atoms with van der Waals surface area (Å²) in [5.41, 5.74) is 2.94. The predicted octanol–water partition coefficient (Wildman–Crippen LogP) is 6.08. The molecule has 2 aliphatic rings. The van der Waals surface area contributed by atoms with Gasteiger partial charge in [0.15, 0.2) is 0 Å². The first-order chi connectivity index (χ1) is 26.0. The number of carbonyl (C=O) groups excluding carboxylic acids is 4. The van der Waals surface area contributed by atoms with Crippen molar-refractivity contribution in [1.29, 1.82) is 0 Å². The molecule has 1 aliphatic carbocycles. The number of nitrogens with zero attached hydrogens (tertiary/aromatic N) is 2. The molecule has 3 N–H and O–H groups in total. The molecule has 0 spiro atoms. The van der Waals surface area contributed by atoms with E-state index in [-0.39, 0.29) is 24.2 Å². The standard InChI is InChI=1S/C38H47ClN4O5.C2HF3O2/c1-27(2)48-37(46)31-12-16-33(17-13-31)40-38(47)41-35(24-28-10-18-34(44)19-11-28)36(45)42-20-22-43(23-21-42,25-29-6-4-3-5-7-29)26-30-8-14-32(39)15-9-30;3-2(4,5)1(6)7/h8-19,27,29,35H,3-7,20-26H2,1-2H3,(H2-,40,41,44,46,47);(H,6,7)/t35-;/m0./s1. The first kappa shape index (κ1) is 42.9. The van der Waals surface area contributed by atoms with Gasteiger partial charge in [0.2, 0.25) is 5.91 Å². The topological polar surface area (TPSA) is 148 Å². The van der Waals surface area contributed by atoms with Crippen molar-refractivity contribution in [1.82, 2.24) is 10.2 Å². The zero-order valence-corrected chi connectivity index (χ0v) is 31.7. The molecule has 0 unspecified atom stereocenters. The molecule has 0 bridgehead atoms. The van der Waals surface area contributed by atoms with Crippen molar-refractivity contribution in [3.63, 3.8) is 0 Å². The van der Waals surface area contributed by atoms with Crippen LogP contribution in [0.3, 0.4) is 0 Å². The number of halogens is 4. The molecule has 1 atom stereocenters. The third kappa shape index (κ3) is 13.8. The number of anilines is 1. The van der Waals surface area contributed by atoms with Gasteiger partial charge >= 0.3 is 18.2 Å². The number of benzene rings is 3. The van der Waals surface area contributed by atoms with Crippen molar-refractivity contribution in [3.8, 4) is 5.75 Å². The van der Waals surface area contributed by atoms with Crippen molar-refractivity contribution < 1.29 is 51.8 Å². The van der Waals surface area contributed by atoms with Crippen LogP contribution in [0.25, 0.3) is 0 Å². The number of aliphatic carboxylic acids is 1. The number of ether oxygens (including phenoxy) is 1. The van der Waals surface area contributed by atoms with E-state index in [1.54, 1.807) is 62.4 Å². The van der Waals surface area contributed by atoms with Crippen LogP contribution in [-0.4, -0.2) is 89.4 Å². The van der Waals surface area contributed by atoms with E-state index in [0.717, 1.165) is 41.2 Å². The summed E-state index contributed by atoms with van der Waals surface area (Å²) in [6, 6.07) is 19.9. The number of piperazine rings is 1. The Morgan fingerprint density at radius 3 is 2.02 bits per heavy atom. The van der Waals surface area contributed by atoms with Crippen LogP contribution < -0.4 is 15.7 Å². The molecule has 3 aromatic carbocycles. The summed E-state index contributed by atoms with van der Waals surface area (Å²) in [6.45, 7) is 8.46. The van der Waals surface area contributed by atoms with Crippen LogP contribution in [0, 0.1) is 5.92 Å². The zero-order chi connectivity index (χ0) is 40.2. The number of hydrogen-bond donors (Lipinski definition) is 3. The molecule has 1 saturated heterocycles. The van der Waals surface area contributed by atoms with Crippen LogP contribution in [0.5, 0.6) is 5.75 Å². The molecular formula is C40H48ClF3N4O7. The Kier molecular flexibility index (Phi) is 15.3. The Hall–Kier alpha value is -4.82. The molecule has 2 fully saturated rings. The van der Waals surface area contributed by atoms with Crippen molar-refractivity contribution in [3.05, 3.63) is 94.5 Å². The highest BCUT2D eigenvalue weighted by atomic mass is 35.5. The number of quaternary nitrogens is 1. The average molecular weight is 789 g/mol. The number of hydrogen-bond acceptors (Lipinski definition) is 7. The second-order valence-electron chi connectivity index (χ2n) is 14.4. The molecule has 15 heteroatoms. The number of carboxylic acids is 1. The number of nitrogens with one attached hydrogen (secondary N) is 2. The lowest BCUT2D eigenvalue weighted by atomic mass is 9.87. The maximum atomic E-state index is 14.1. The van der Waals surface area contributed by atoms with E-state index in [4.69, 9.17) is 26.2 Å². The molecule has 1 saturated carbocycles. The van der Waals surface area contributed by atoms with Crippen LogP contribution in [0.1, 0.15) is 67.4 Å². The number of rotatable bonds is 11. The van der Waals surface area contributed by atoms with Crippen molar-refractivity contribution >= 4 is 41.2 Å². The highest BCUT2D eigenvalue weighted by molar-refractivity contribution is 6.30. The van der Waals surface area contributed by atoms with Gasteiger partial charge in [-0.15, -0.1) is 0 Å². The molecule has 3 aromatic rings. The Morgan fingerprint density at radius 1 is 0.909 bits per heavy atom. The number of esters is 1. The number of urea groups is 1. The maximum absolute atomic E-state index is 14.1. The van der Waals surface area contributed by atoms with Crippen molar-refractivity contribution in [2.24, 2.45) is 5.92 Å². The lowest BCUT2D eigenvalue weighted by Gasteiger charge is -2.47. The Labute approximate surface area is 324 Å². The first-order valence-corrected chi connectivity index (χ1v) is 18.7. The van der Waals surface area contributed by atoms with Crippen LogP contribution in [0.2, 0.25) is 5.02 Å². The van der Waals surface area contributed by atoms with Crippen molar-refractivity contribution in [2.45, 2.75) is 77.2 Å². The zero-order valence-electron chi connectivity index (χ0n) is 30.9. The minimum Gasteiger partial charge on any atom is -0.542 e. The molecule has 11 nitrogen and oxygen atoms in total. The molecular weight excluding hydrogens is 741 g/mol. The summed E-state index contributed by atoms with van der Waals surface area (Å²) in [4.78, 5) is 50.2. The lowest BCUT2D eigenvalue weighted by molar-refractivity contribution is -0.947. The molecule has 298 valence electrons. The van der Waals surface area contributed by atoms with Gasteiger partial charge in [0.05, 0.1) is 44.4 Å². The molecule has 0 aromatic heterocycles. The largest absolute Gasteiger partial charge is 0.542 e. The summed E-state index contributed by atoms with van der Waals surface area (Å²) < 4.78 is 37.7. The van der Waals surface area contributed by atoms with Gasteiger partial charge in [-0.1, -0.05) is 55.1 Å². The Morgan fingerprint density at radius 2 is 1.47 bits per heavy atom. The quantitative estimate of drug-likeness (QED) is 0.158. The van der Waals surface area contributed by atoms with Crippen molar-refractivity contribution in [2.75, 3.05) is 38.0 Å². The fourth-order valence-corrected chi connectivity index (χ4v) is 7.12. The number of amides is 3. The van der Waals surface area contributed by atoms with Gasteiger partial charge in [0, 0.05) is 28.6 Å². The summed E-state index contributed by atoms with van der Waals surface area (Å²) in [6.07, 6.45) is 1.27. The van der Waals surface area contributed by atoms with Crippen LogP contribution in [-0.2, 0) is 27.3 Å². The highest BCUT2D eigenvalue weighted by Crippen LogP contribution is 2.30. The number of aromatic hydroxyl groups is 1. The van der Waals surface area contributed by atoms with E-state index < -0.39 is 30.2 Å². The van der Waals surface area contributed by atoms with E-state index in [2.05, 4.69) is 22.8 Å². The minimum absolute atomic E-state index is 0.132. The van der Waals surface area contributed by atoms with E-state index >= 15 is 0 Å². The summed E-state index contributed by atoms with van der Waals surface area (Å²) in [7, 11) is 0. The van der Waals surface area contributed by atoms with Gasteiger partial charge < -0.3 is 39.8 Å². The second-order valence-corrected chi connectivity index (χ2v) is 14.9. The summed E-state index contributed by atoms with van der Waals surface area (Å²) in [5, 5.41) is 25.0. The molecule has 5 rings (SSSR count). The summed E-state index contributed by atoms with van der Waals surface area (Å²) >= 11 is 6.19. The van der Waals surface area contributed by atoms with E-state index in [1.165, 1.54) is 37.7 Å². The van der Waals surface area contributed by atoms with E-state index in [9.17, 15) is 32.7 Å². The fraction of sp³-hybridized carbons (Fsp3) is 0.450. The smallest absolute Gasteiger partial charge is 0.430 e. The van der Waals surface area contributed by atoms with Crippen LogP contribution in [0.4, 0.5) is 23.7 Å². The van der Waals surface area contributed by atoms with Gasteiger partial charge in [-0.25, -0.2) is 9.59 Å². The Bertz CT molecular complexity index is 1730. The van der Waals surface area contributed by atoms with E-state index in [1.807, 2.05) is 17.0 Å². The third-order valence-electron chi connectivity index (χ3n) is 9.73. The highest BCUT2D eigenvalue weighted by Gasteiger charge is 2.39.